The SMILES string of the molecule is CCOC1CC(NC(=O)c2cc(F)c(F)cc2[N+](=O)[O-])C1. The molecule has 0 spiro atoms. The van der Waals surface area contributed by atoms with Crippen molar-refractivity contribution in [3.8, 4) is 0 Å². The number of hydrogen-bond donors (Lipinski definition) is 1. The van der Waals surface area contributed by atoms with Crippen LogP contribution in [0.5, 0.6) is 0 Å². The molecular formula is C13H14F2N2O4. The van der Waals surface area contributed by atoms with Gasteiger partial charge in [-0.15, -0.1) is 0 Å². The van der Waals surface area contributed by atoms with Crippen LogP contribution in [0.3, 0.4) is 0 Å². The molecule has 0 atom stereocenters. The zero-order valence-electron chi connectivity index (χ0n) is 11.3. The largest absolute Gasteiger partial charge is 0.378 e. The van der Waals surface area contributed by atoms with Gasteiger partial charge in [0.1, 0.15) is 5.56 Å². The first-order valence-corrected chi connectivity index (χ1v) is 6.48. The molecular weight excluding hydrogens is 286 g/mol. The highest BCUT2D eigenvalue weighted by molar-refractivity contribution is 5.98. The number of nitrogens with zero attached hydrogens (tertiary/aromatic N) is 1. The van der Waals surface area contributed by atoms with Gasteiger partial charge in [-0.25, -0.2) is 8.78 Å². The van der Waals surface area contributed by atoms with E-state index in [0.717, 1.165) is 0 Å². The van der Waals surface area contributed by atoms with Crippen LogP contribution in [0.1, 0.15) is 30.1 Å². The number of rotatable bonds is 5. The van der Waals surface area contributed by atoms with E-state index in [1.165, 1.54) is 0 Å². The van der Waals surface area contributed by atoms with E-state index in [1.807, 2.05) is 6.92 Å². The minimum absolute atomic E-state index is 0.0558. The Kier molecular flexibility index (Phi) is 4.46. The molecule has 1 fully saturated rings. The Hall–Kier alpha value is -2.09. The molecule has 1 N–H and O–H groups in total. The average Bonchev–Trinajstić information content (AvgIpc) is 2.38. The molecule has 0 bridgehead atoms. The average molecular weight is 300 g/mol. The first-order valence-electron chi connectivity index (χ1n) is 6.48. The van der Waals surface area contributed by atoms with Crippen molar-refractivity contribution in [1.29, 1.82) is 0 Å². The summed E-state index contributed by atoms with van der Waals surface area (Å²) in [5.41, 5.74) is -1.24. The molecule has 1 saturated carbocycles. The second kappa shape index (κ2) is 6.13. The van der Waals surface area contributed by atoms with Gasteiger partial charge in [0.15, 0.2) is 11.6 Å². The summed E-state index contributed by atoms with van der Waals surface area (Å²) in [5, 5.41) is 13.4. The number of nitrogens with one attached hydrogen (secondary N) is 1. The number of hydrogen-bond acceptors (Lipinski definition) is 4. The summed E-state index contributed by atoms with van der Waals surface area (Å²) < 4.78 is 31.5. The molecule has 2 rings (SSSR count). The molecule has 0 aliphatic heterocycles. The van der Waals surface area contributed by atoms with Gasteiger partial charge in [-0.1, -0.05) is 0 Å². The van der Waals surface area contributed by atoms with E-state index in [1.54, 1.807) is 0 Å². The van der Waals surface area contributed by atoms with Gasteiger partial charge in [0.2, 0.25) is 0 Å². The molecule has 114 valence electrons. The van der Waals surface area contributed by atoms with Crippen molar-refractivity contribution in [2.24, 2.45) is 0 Å². The van der Waals surface area contributed by atoms with E-state index in [0.29, 0.717) is 31.6 Å². The van der Waals surface area contributed by atoms with Crippen molar-refractivity contribution in [2.75, 3.05) is 6.61 Å². The molecule has 1 amide bonds. The first-order chi connectivity index (χ1) is 9.92. The third-order valence-electron chi connectivity index (χ3n) is 3.31. The van der Waals surface area contributed by atoms with Crippen LogP contribution < -0.4 is 5.32 Å². The zero-order chi connectivity index (χ0) is 15.6. The smallest absolute Gasteiger partial charge is 0.285 e. The van der Waals surface area contributed by atoms with Crippen LogP contribution in [0.2, 0.25) is 0 Å². The lowest BCUT2D eigenvalue weighted by atomic mass is 9.89. The number of carbonyl (C=O) groups excluding carboxylic acids is 1. The van der Waals surface area contributed by atoms with Crippen molar-refractivity contribution in [1.82, 2.24) is 5.32 Å². The topological polar surface area (TPSA) is 81.5 Å². The lowest BCUT2D eigenvalue weighted by Gasteiger charge is -2.35. The summed E-state index contributed by atoms with van der Waals surface area (Å²) in [6, 6.07) is 0.775. The van der Waals surface area contributed by atoms with Gasteiger partial charge >= 0.3 is 0 Å². The van der Waals surface area contributed by atoms with Crippen molar-refractivity contribution >= 4 is 11.6 Å². The Morgan fingerprint density at radius 2 is 2.05 bits per heavy atom. The number of carbonyl (C=O) groups is 1. The highest BCUT2D eigenvalue weighted by Crippen LogP contribution is 2.26. The summed E-state index contributed by atoms with van der Waals surface area (Å²) in [5.74, 6) is -3.45. The van der Waals surface area contributed by atoms with Gasteiger partial charge in [-0.2, -0.15) is 0 Å². The molecule has 8 heteroatoms. The molecule has 0 radical (unpaired) electrons. The lowest BCUT2D eigenvalue weighted by Crippen LogP contribution is -2.47. The normalized spacial score (nSPS) is 20.7. The minimum atomic E-state index is -1.36. The molecule has 0 aromatic heterocycles. The summed E-state index contributed by atoms with van der Waals surface area (Å²) in [4.78, 5) is 21.9. The minimum Gasteiger partial charge on any atom is -0.378 e. The molecule has 0 unspecified atom stereocenters. The van der Waals surface area contributed by atoms with Crippen molar-refractivity contribution in [2.45, 2.75) is 31.9 Å². The van der Waals surface area contributed by atoms with E-state index < -0.39 is 33.7 Å². The standard InChI is InChI=1S/C13H14F2N2O4/c1-2-21-8-3-7(4-8)16-13(18)9-5-10(14)11(15)6-12(9)17(19)20/h5-8H,2-4H2,1H3,(H,16,18). The number of ether oxygens (including phenoxy) is 1. The van der Waals surface area contributed by atoms with Crippen molar-refractivity contribution < 1.29 is 23.2 Å². The second-order valence-electron chi connectivity index (χ2n) is 4.76. The van der Waals surface area contributed by atoms with E-state index in [9.17, 15) is 23.7 Å². The van der Waals surface area contributed by atoms with Crippen molar-refractivity contribution in [3.05, 3.63) is 39.4 Å². The predicted molar refractivity (Wildman–Crippen MR) is 68.9 cm³/mol. The predicted octanol–water partition coefficient (Wildman–Crippen LogP) is 2.17. The zero-order valence-corrected chi connectivity index (χ0v) is 11.3. The van der Waals surface area contributed by atoms with E-state index in [4.69, 9.17) is 4.74 Å². The number of amides is 1. The van der Waals surface area contributed by atoms with Crippen LogP contribution in [0.25, 0.3) is 0 Å². The van der Waals surface area contributed by atoms with Crippen LogP contribution in [-0.2, 0) is 4.74 Å². The molecule has 1 aliphatic carbocycles. The van der Waals surface area contributed by atoms with Gasteiger partial charge in [-0.3, -0.25) is 14.9 Å². The van der Waals surface area contributed by atoms with Gasteiger partial charge in [0.05, 0.1) is 17.1 Å². The van der Waals surface area contributed by atoms with Gasteiger partial charge in [0, 0.05) is 12.6 Å². The maximum Gasteiger partial charge on any atom is 0.285 e. The van der Waals surface area contributed by atoms with Crippen LogP contribution in [0.4, 0.5) is 14.5 Å². The highest BCUT2D eigenvalue weighted by atomic mass is 19.2. The van der Waals surface area contributed by atoms with Gasteiger partial charge in [0.25, 0.3) is 11.6 Å². The first kappa shape index (κ1) is 15.3. The summed E-state index contributed by atoms with van der Waals surface area (Å²) in [6.07, 6.45) is 1.24. The fourth-order valence-corrected chi connectivity index (χ4v) is 2.19. The summed E-state index contributed by atoms with van der Waals surface area (Å²) >= 11 is 0. The molecule has 0 saturated heterocycles. The molecule has 1 aromatic carbocycles. The number of benzene rings is 1. The third-order valence-corrected chi connectivity index (χ3v) is 3.31. The van der Waals surface area contributed by atoms with Crippen LogP contribution in [0, 0.1) is 21.7 Å². The monoisotopic (exact) mass is 300 g/mol. The van der Waals surface area contributed by atoms with Crippen LogP contribution in [0.15, 0.2) is 12.1 Å². The quantitative estimate of drug-likeness (QED) is 0.667. The van der Waals surface area contributed by atoms with Gasteiger partial charge in [-0.05, 0) is 25.8 Å². The fourth-order valence-electron chi connectivity index (χ4n) is 2.19. The number of halogens is 2. The number of nitro groups is 1. The molecule has 21 heavy (non-hydrogen) atoms. The Morgan fingerprint density at radius 1 is 1.43 bits per heavy atom. The van der Waals surface area contributed by atoms with Crippen molar-refractivity contribution in [3.63, 3.8) is 0 Å². The van der Waals surface area contributed by atoms with Crippen LogP contribution in [-0.4, -0.2) is 29.6 Å². The third kappa shape index (κ3) is 3.33. The molecule has 1 aromatic rings. The highest BCUT2D eigenvalue weighted by Gasteiger charge is 2.32. The summed E-state index contributed by atoms with van der Waals surface area (Å²) in [6.45, 7) is 2.43. The van der Waals surface area contributed by atoms with E-state index >= 15 is 0 Å². The summed E-state index contributed by atoms with van der Waals surface area (Å²) in [7, 11) is 0. The molecule has 6 nitrogen and oxygen atoms in total. The Morgan fingerprint density at radius 3 is 2.62 bits per heavy atom. The Bertz CT molecular complexity index is 574. The molecule has 0 heterocycles. The Labute approximate surface area is 119 Å². The number of nitro benzene ring substituents is 1. The molecule has 1 aliphatic rings. The maximum atomic E-state index is 13.2. The van der Waals surface area contributed by atoms with E-state index in [-0.39, 0.29) is 12.1 Å². The van der Waals surface area contributed by atoms with Crippen LogP contribution >= 0.6 is 0 Å². The fraction of sp³-hybridized carbons (Fsp3) is 0.462. The van der Waals surface area contributed by atoms with E-state index in [2.05, 4.69) is 5.32 Å². The van der Waals surface area contributed by atoms with Gasteiger partial charge < -0.3 is 10.1 Å². The Balaban J connectivity index is 2.09. The maximum absolute atomic E-state index is 13.2. The second-order valence-corrected chi connectivity index (χ2v) is 4.76. The lowest BCUT2D eigenvalue weighted by molar-refractivity contribution is -0.385.